The van der Waals surface area contributed by atoms with Gasteiger partial charge in [0.15, 0.2) is 0 Å². The molecule has 6 heteroatoms. The quantitative estimate of drug-likeness (QED) is 0.823. The lowest BCUT2D eigenvalue weighted by Gasteiger charge is -2.11. The van der Waals surface area contributed by atoms with E-state index in [1.807, 2.05) is 20.2 Å². The second kappa shape index (κ2) is 8.24. The molecule has 0 aliphatic rings. The standard InChI is InChI=1S/C17H21FN4O/c1-22(2)10-9-19-14-7-8-16(20-12-14)21-17(23)11-13-5-3-4-6-15(13)18/h3-8,12,19H,9-11H2,1-2H3,(H,20,21,23). The molecule has 122 valence electrons. The predicted octanol–water partition coefficient (Wildman–Crippen LogP) is 2.38. The monoisotopic (exact) mass is 316 g/mol. The molecule has 0 radical (unpaired) electrons. The van der Waals surface area contributed by atoms with Crippen LogP contribution in [0.4, 0.5) is 15.9 Å². The van der Waals surface area contributed by atoms with Crippen LogP contribution >= 0.6 is 0 Å². The molecule has 0 aliphatic carbocycles. The van der Waals surface area contributed by atoms with Crippen LogP contribution in [0.25, 0.3) is 0 Å². The summed E-state index contributed by atoms with van der Waals surface area (Å²) >= 11 is 0. The Morgan fingerprint density at radius 3 is 2.65 bits per heavy atom. The fourth-order valence-corrected chi connectivity index (χ4v) is 2.00. The molecule has 5 nitrogen and oxygen atoms in total. The Hall–Kier alpha value is -2.47. The fourth-order valence-electron chi connectivity index (χ4n) is 2.00. The smallest absolute Gasteiger partial charge is 0.230 e. The summed E-state index contributed by atoms with van der Waals surface area (Å²) in [4.78, 5) is 18.2. The van der Waals surface area contributed by atoms with E-state index in [2.05, 4.69) is 20.5 Å². The third-order valence-electron chi connectivity index (χ3n) is 3.23. The second-order valence-electron chi connectivity index (χ2n) is 5.48. The van der Waals surface area contributed by atoms with Crippen LogP contribution in [0.15, 0.2) is 42.6 Å². The summed E-state index contributed by atoms with van der Waals surface area (Å²) in [7, 11) is 4.02. The van der Waals surface area contributed by atoms with E-state index in [0.717, 1.165) is 18.8 Å². The van der Waals surface area contributed by atoms with Gasteiger partial charge in [-0.1, -0.05) is 18.2 Å². The van der Waals surface area contributed by atoms with Crippen LogP contribution in [0.2, 0.25) is 0 Å². The number of hydrogen-bond donors (Lipinski definition) is 2. The highest BCUT2D eigenvalue weighted by Crippen LogP contribution is 2.11. The molecule has 1 aromatic carbocycles. The first-order chi connectivity index (χ1) is 11.0. The van der Waals surface area contributed by atoms with E-state index in [1.54, 1.807) is 30.5 Å². The summed E-state index contributed by atoms with van der Waals surface area (Å²) in [5, 5.41) is 5.90. The van der Waals surface area contributed by atoms with Crippen LogP contribution in [-0.4, -0.2) is 43.0 Å². The lowest BCUT2D eigenvalue weighted by Crippen LogP contribution is -2.21. The van der Waals surface area contributed by atoms with E-state index in [4.69, 9.17) is 0 Å². The second-order valence-corrected chi connectivity index (χ2v) is 5.48. The van der Waals surface area contributed by atoms with Crippen molar-refractivity contribution < 1.29 is 9.18 Å². The van der Waals surface area contributed by atoms with Gasteiger partial charge in [-0.15, -0.1) is 0 Å². The van der Waals surface area contributed by atoms with Crippen LogP contribution in [0.1, 0.15) is 5.56 Å². The van der Waals surface area contributed by atoms with Crippen molar-refractivity contribution in [2.75, 3.05) is 37.8 Å². The van der Waals surface area contributed by atoms with E-state index in [0.29, 0.717) is 11.4 Å². The highest BCUT2D eigenvalue weighted by molar-refractivity contribution is 5.91. The first-order valence-electron chi connectivity index (χ1n) is 7.42. The molecule has 2 rings (SSSR count). The zero-order valence-electron chi connectivity index (χ0n) is 13.3. The highest BCUT2D eigenvalue weighted by Gasteiger charge is 2.08. The zero-order chi connectivity index (χ0) is 16.7. The van der Waals surface area contributed by atoms with Crippen LogP contribution in [0.5, 0.6) is 0 Å². The number of anilines is 2. The van der Waals surface area contributed by atoms with Gasteiger partial charge in [0, 0.05) is 13.1 Å². The summed E-state index contributed by atoms with van der Waals surface area (Å²) < 4.78 is 13.5. The molecular formula is C17H21FN4O. The van der Waals surface area contributed by atoms with Crippen molar-refractivity contribution in [3.05, 3.63) is 54.0 Å². The lowest BCUT2D eigenvalue weighted by molar-refractivity contribution is -0.115. The molecule has 0 atom stereocenters. The maximum atomic E-state index is 13.5. The van der Waals surface area contributed by atoms with Crippen molar-refractivity contribution in [3.8, 4) is 0 Å². The number of aromatic nitrogens is 1. The van der Waals surface area contributed by atoms with Gasteiger partial charge in [-0.2, -0.15) is 0 Å². The van der Waals surface area contributed by atoms with Gasteiger partial charge < -0.3 is 15.5 Å². The van der Waals surface area contributed by atoms with Gasteiger partial charge in [0.2, 0.25) is 5.91 Å². The largest absolute Gasteiger partial charge is 0.383 e. The lowest BCUT2D eigenvalue weighted by atomic mass is 10.1. The maximum Gasteiger partial charge on any atom is 0.230 e. The highest BCUT2D eigenvalue weighted by atomic mass is 19.1. The first kappa shape index (κ1) is 16.9. The summed E-state index contributed by atoms with van der Waals surface area (Å²) in [6.45, 7) is 1.73. The summed E-state index contributed by atoms with van der Waals surface area (Å²) in [5.41, 5.74) is 1.26. The topological polar surface area (TPSA) is 57.3 Å². The molecule has 0 saturated heterocycles. The number of halogens is 1. The predicted molar refractivity (Wildman–Crippen MR) is 90.0 cm³/mol. The maximum absolute atomic E-state index is 13.5. The van der Waals surface area contributed by atoms with Gasteiger partial charge in [0.1, 0.15) is 11.6 Å². The van der Waals surface area contributed by atoms with Gasteiger partial charge in [-0.05, 0) is 37.9 Å². The third-order valence-corrected chi connectivity index (χ3v) is 3.23. The van der Waals surface area contributed by atoms with E-state index < -0.39 is 0 Å². The molecule has 2 aromatic rings. The van der Waals surface area contributed by atoms with Crippen molar-refractivity contribution >= 4 is 17.4 Å². The number of benzene rings is 1. The average molecular weight is 316 g/mol. The SMILES string of the molecule is CN(C)CCNc1ccc(NC(=O)Cc2ccccc2F)nc1. The van der Waals surface area contributed by atoms with Crippen LogP contribution in [-0.2, 0) is 11.2 Å². The zero-order valence-corrected chi connectivity index (χ0v) is 13.3. The number of hydrogen-bond acceptors (Lipinski definition) is 4. The Morgan fingerprint density at radius 2 is 2.00 bits per heavy atom. The minimum atomic E-state index is -0.379. The number of nitrogens with one attached hydrogen (secondary N) is 2. The molecule has 0 unspecified atom stereocenters. The molecule has 0 bridgehead atoms. The normalized spacial score (nSPS) is 10.6. The summed E-state index contributed by atoms with van der Waals surface area (Å²) in [6, 6.07) is 9.81. The molecule has 23 heavy (non-hydrogen) atoms. The Balaban J connectivity index is 1.85. The van der Waals surface area contributed by atoms with Crippen LogP contribution in [0, 0.1) is 5.82 Å². The summed E-state index contributed by atoms with van der Waals surface area (Å²) in [6.07, 6.45) is 1.64. The van der Waals surface area contributed by atoms with Crippen LogP contribution < -0.4 is 10.6 Å². The molecule has 1 heterocycles. The molecule has 0 fully saturated rings. The van der Waals surface area contributed by atoms with Gasteiger partial charge >= 0.3 is 0 Å². The van der Waals surface area contributed by atoms with Gasteiger partial charge in [-0.3, -0.25) is 4.79 Å². The van der Waals surface area contributed by atoms with Crippen molar-refractivity contribution in [1.29, 1.82) is 0 Å². The first-order valence-corrected chi connectivity index (χ1v) is 7.42. The third kappa shape index (κ3) is 5.67. The molecule has 1 aromatic heterocycles. The number of nitrogens with zero attached hydrogens (tertiary/aromatic N) is 2. The van der Waals surface area contributed by atoms with Gasteiger partial charge in [-0.25, -0.2) is 9.37 Å². The Morgan fingerprint density at radius 1 is 1.22 bits per heavy atom. The van der Waals surface area contributed by atoms with Crippen molar-refractivity contribution in [2.45, 2.75) is 6.42 Å². The van der Waals surface area contributed by atoms with Gasteiger partial charge in [0.25, 0.3) is 0 Å². The molecule has 1 amide bonds. The number of carbonyl (C=O) groups excluding carboxylic acids is 1. The fraction of sp³-hybridized carbons (Fsp3) is 0.294. The minimum Gasteiger partial charge on any atom is -0.383 e. The van der Waals surface area contributed by atoms with E-state index >= 15 is 0 Å². The molecular weight excluding hydrogens is 295 g/mol. The van der Waals surface area contributed by atoms with Gasteiger partial charge in [0.05, 0.1) is 18.3 Å². The van der Waals surface area contributed by atoms with Crippen molar-refractivity contribution in [3.63, 3.8) is 0 Å². The molecule has 0 aliphatic heterocycles. The molecule has 0 spiro atoms. The van der Waals surface area contributed by atoms with E-state index in [9.17, 15) is 9.18 Å². The number of amides is 1. The minimum absolute atomic E-state index is 0.0167. The number of likely N-dealkylation sites (N-methyl/N-ethyl adjacent to an activating group) is 1. The van der Waals surface area contributed by atoms with E-state index in [1.165, 1.54) is 6.07 Å². The Labute approximate surface area is 135 Å². The molecule has 0 saturated carbocycles. The number of pyridine rings is 1. The number of carbonyl (C=O) groups is 1. The molecule has 2 N–H and O–H groups in total. The van der Waals surface area contributed by atoms with Crippen LogP contribution in [0.3, 0.4) is 0 Å². The Bertz CT molecular complexity index is 643. The number of rotatable bonds is 7. The van der Waals surface area contributed by atoms with Crippen molar-refractivity contribution in [1.82, 2.24) is 9.88 Å². The Kier molecular flexibility index (Phi) is 6.05. The average Bonchev–Trinajstić information content (AvgIpc) is 2.51. The summed E-state index contributed by atoms with van der Waals surface area (Å²) in [5.74, 6) is -0.225. The van der Waals surface area contributed by atoms with E-state index in [-0.39, 0.29) is 18.1 Å². The van der Waals surface area contributed by atoms with Crippen molar-refractivity contribution in [2.24, 2.45) is 0 Å².